The largest absolute Gasteiger partial charge is 0.507 e. The topological polar surface area (TPSA) is 173 Å². The first-order valence-corrected chi connectivity index (χ1v) is 13.4. The number of halogens is 3. The van der Waals surface area contributed by atoms with Crippen LogP contribution >= 0.6 is 0 Å². The highest BCUT2D eigenvalue weighted by molar-refractivity contribution is 6.00. The SMILES string of the molecule is Cc1nc(F)c(F)c(F)c1CC1NC(=O)C(NC(=O)c2ccccc2O)C(C)OC(=O)C(C2COC2)OC(=O)C(C)C1O. The smallest absolute Gasteiger partial charge is 0.348 e. The third-order valence-corrected chi connectivity index (χ3v) is 7.45. The van der Waals surface area contributed by atoms with Gasteiger partial charge < -0.3 is 35.1 Å². The predicted molar refractivity (Wildman–Crippen MR) is 139 cm³/mol. The van der Waals surface area contributed by atoms with Crippen molar-refractivity contribution >= 4 is 23.8 Å². The maximum Gasteiger partial charge on any atom is 0.348 e. The third kappa shape index (κ3) is 6.72. The Hall–Kier alpha value is -4.24. The minimum atomic E-state index is -1.87. The molecule has 2 saturated heterocycles. The van der Waals surface area contributed by atoms with E-state index >= 15 is 0 Å². The molecule has 6 unspecified atom stereocenters. The van der Waals surface area contributed by atoms with E-state index in [1.54, 1.807) is 0 Å². The summed E-state index contributed by atoms with van der Waals surface area (Å²) in [7, 11) is 0. The number of para-hydroxylation sites is 1. The minimum Gasteiger partial charge on any atom is -0.507 e. The number of aliphatic hydroxyl groups is 1. The number of phenols is 1. The number of benzene rings is 1. The molecular weight excluding hydrogens is 579 g/mol. The van der Waals surface area contributed by atoms with Gasteiger partial charge in [0.05, 0.1) is 42.8 Å². The molecule has 0 bridgehead atoms. The van der Waals surface area contributed by atoms with Gasteiger partial charge in [-0.3, -0.25) is 14.4 Å². The minimum absolute atomic E-state index is 0.0522. The van der Waals surface area contributed by atoms with E-state index in [0.29, 0.717) is 0 Å². The fraction of sp³-hybridized carbons (Fsp3) is 0.464. The monoisotopic (exact) mass is 609 g/mol. The molecule has 2 amide bonds. The number of ether oxygens (including phenoxy) is 3. The molecule has 4 N–H and O–H groups in total. The van der Waals surface area contributed by atoms with E-state index in [0.717, 1.165) is 0 Å². The van der Waals surface area contributed by atoms with Crippen molar-refractivity contribution in [2.75, 3.05) is 13.2 Å². The van der Waals surface area contributed by atoms with Crippen LogP contribution in [0.2, 0.25) is 0 Å². The van der Waals surface area contributed by atoms with E-state index in [9.17, 15) is 42.6 Å². The van der Waals surface area contributed by atoms with Crippen molar-refractivity contribution in [1.82, 2.24) is 15.6 Å². The van der Waals surface area contributed by atoms with E-state index in [-0.39, 0.29) is 24.5 Å². The summed E-state index contributed by atoms with van der Waals surface area (Å²) in [5.74, 6) is -11.7. The fourth-order valence-electron chi connectivity index (χ4n) is 4.72. The van der Waals surface area contributed by atoms with Crippen LogP contribution in [0.1, 0.15) is 35.5 Å². The number of aliphatic hydroxyl groups excluding tert-OH is 1. The summed E-state index contributed by atoms with van der Waals surface area (Å²) in [6.07, 6.45) is -5.38. The Morgan fingerprint density at radius 1 is 1.07 bits per heavy atom. The first kappa shape index (κ1) is 31.7. The first-order chi connectivity index (χ1) is 20.3. The molecule has 3 heterocycles. The lowest BCUT2D eigenvalue weighted by atomic mass is 9.91. The molecule has 6 atom stereocenters. The molecule has 0 radical (unpaired) electrons. The molecule has 2 aliphatic rings. The summed E-state index contributed by atoms with van der Waals surface area (Å²) in [4.78, 5) is 56.1. The zero-order valence-corrected chi connectivity index (χ0v) is 23.3. The lowest BCUT2D eigenvalue weighted by molar-refractivity contribution is -0.192. The predicted octanol–water partition coefficient (Wildman–Crippen LogP) is 0.839. The number of aryl methyl sites for hydroxylation is 1. The Bertz CT molecular complexity index is 1420. The van der Waals surface area contributed by atoms with Gasteiger partial charge in [0, 0.05) is 11.3 Å². The molecule has 4 rings (SSSR count). The summed E-state index contributed by atoms with van der Waals surface area (Å²) in [6, 6.07) is 2.22. The average Bonchev–Trinajstić information content (AvgIpc) is 2.93. The molecule has 0 spiro atoms. The van der Waals surface area contributed by atoms with Crippen LogP contribution in [-0.2, 0) is 35.0 Å². The summed E-state index contributed by atoms with van der Waals surface area (Å²) in [6.45, 7) is 3.79. The number of carbonyl (C=O) groups excluding carboxylic acids is 4. The number of carbonyl (C=O) groups is 4. The molecule has 1 aromatic carbocycles. The van der Waals surface area contributed by atoms with E-state index in [1.165, 1.54) is 45.0 Å². The number of aromatic hydroxyl groups is 1. The van der Waals surface area contributed by atoms with E-state index < -0.39 is 101 Å². The van der Waals surface area contributed by atoms with Gasteiger partial charge in [-0.15, -0.1) is 0 Å². The Balaban J connectivity index is 1.73. The molecule has 0 saturated carbocycles. The Labute approximate surface area is 243 Å². The van der Waals surface area contributed by atoms with Gasteiger partial charge in [0.25, 0.3) is 11.9 Å². The number of rotatable bonds is 5. The second-order valence-electron chi connectivity index (χ2n) is 10.5. The number of esters is 2. The van der Waals surface area contributed by atoms with Crippen LogP contribution in [0.3, 0.4) is 0 Å². The van der Waals surface area contributed by atoms with Gasteiger partial charge in [-0.2, -0.15) is 8.78 Å². The third-order valence-electron chi connectivity index (χ3n) is 7.45. The van der Waals surface area contributed by atoms with Crippen LogP contribution in [0.15, 0.2) is 24.3 Å². The molecule has 43 heavy (non-hydrogen) atoms. The van der Waals surface area contributed by atoms with Crippen molar-refractivity contribution in [3.63, 3.8) is 0 Å². The number of phenolic OH excluding ortho intramolecular Hbond substituents is 1. The lowest BCUT2D eigenvalue weighted by Gasteiger charge is -2.36. The van der Waals surface area contributed by atoms with Crippen molar-refractivity contribution in [2.45, 2.75) is 57.6 Å². The van der Waals surface area contributed by atoms with Crippen LogP contribution < -0.4 is 10.6 Å². The number of aromatic nitrogens is 1. The molecule has 232 valence electrons. The van der Waals surface area contributed by atoms with Gasteiger partial charge in [0.15, 0.2) is 5.82 Å². The second kappa shape index (κ2) is 13.0. The standard InChI is InChI=1S/C28H30F3N3O9/c1-11-22(36)17(8-16-12(2)32-24(31)20(30)19(16)29)33-26(38)21(34-25(37)15-6-4-5-7-18(15)35)13(3)42-28(40)23(43-27(11)39)14-9-41-10-14/h4-7,11,13-14,17,21-23,35-36H,8-10H2,1-3H3,(H,33,38)(H,34,37). The highest BCUT2D eigenvalue weighted by Gasteiger charge is 2.44. The van der Waals surface area contributed by atoms with Crippen LogP contribution in [0, 0.1) is 36.3 Å². The highest BCUT2D eigenvalue weighted by atomic mass is 19.2. The van der Waals surface area contributed by atoms with Crippen LogP contribution in [0.5, 0.6) is 5.75 Å². The summed E-state index contributed by atoms with van der Waals surface area (Å²) >= 11 is 0. The zero-order chi connectivity index (χ0) is 31.6. The Morgan fingerprint density at radius 2 is 1.74 bits per heavy atom. The number of pyridine rings is 1. The lowest BCUT2D eigenvalue weighted by Crippen LogP contribution is -2.60. The molecule has 2 aliphatic heterocycles. The molecule has 12 nitrogen and oxygen atoms in total. The van der Waals surface area contributed by atoms with Gasteiger partial charge in [-0.05, 0) is 39.3 Å². The summed E-state index contributed by atoms with van der Waals surface area (Å²) in [5, 5.41) is 26.1. The number of nitrogens with one attached hydrogen (secondary N) is 2. The van der Waals surface area contributed by atoms with E-state index in [2.05, 4.69) is 15.6 Å². The fourth-order valence-corrected chi connectivity index (χ4v) is 4.72. The molecule has 0 aliphatic carbocycles. The van der Waals surface area contributed by atoms with E-state index in [1.807, 2.05) is 0 Å². The molecule has 15 heteroatoms. The quantitative estimate of drug-likeness (QED) is 0.281. The van der Waals surface area contributed by atoms with Gasteiger partial charge in [0.1, 0.15) is 17.9 Å². The average molecular weight is 610 g/mol. The van der Waals surface area contributed by atoms with Crippen molar-refractivity contribution in [3.8, 4) is 5.75 Å². The summed E-state index contributed by atoms with van der Waals surface area (Å²) < 4.78 is 58.5. The Morgan fingerprint density at radius 3 is 2.37 bits per heavy atom. The zero-order valence-electron chi connectivity index (χ0n) is 23.3. The number of hydrogen-bond acceptors (Lipinski definition) is 10. The maximum atomic E-state index is 14.8. The molecule has 1 aromatic heterocycles. The van der Waals surface area contributed by atoms with Crippen molar-refractivity contribution in [3.05, 3.63) is 58.7 Å². The molecule has 2 aromatic rings. The second-order valence-corrected chi connectivity index (χ2v) is 10.5. The van der Waals surface area contributed by atoms with Crippen molar-refractivity contribution in [2.24, 2.45) is 11.8 Å². The van der Waals surface area contributed by atoms with Gasteiger partial charge >= 0.3 is 11.9 Å². The first-order valence-electron chi connectivity index (χ1n) is 13.4. The number of cyclic esters (lactones) is 2. The van der Waals surface area contributed by atoms with Crippen molar-refractivity contribution < 1.29 is 56.8 Å². The molecule has 2 fully saturated rings. The number of nitrogens with zero attached hydrogens (tertiary/aromatic N) is 1. The van der Waals surface area contributed by atoms with E-state index in [4.69, 9.17) is 14.2 Å². The highest BCUT2D eigenvalue weighted by Crippen LogP contribution is 2.26. The van der Waals surface area contributed by atoms with Gasteiger partial charge in [-0.1, -0.05) is 12.1 Å². The van der Waals surface area contributed by atoms with Crippen molar-refractivity contribution in [1.29, 1.82) is 0 Å². The van der Waals surface area contributed by atoms with Gasteiger partial charge in [0.2, 0.25) is 17.8 Å². The van der Waals surface area contributed by atoms with Crippen LogP contribution in [0.4, 0.5) is 13.2 Å². The van der Waals surface area contributed by atoms with Gasteiger partial charge in [-0.25, -0.2) is 14.2 Å². The van der Waals surface area contributed by atoms with Crippen LogP contribution in [0.25, 0.3) is 0 Å². The normalized spacial score (nSPS) is 27.1. The Kier molecular flexibility index (Phi) is 9.55. The molecular formula is C28H30F3N3O9. The van der Waals surface area contributed by atoms with Crippen LogP contribution in [-0.4, -0.2) is 82.6 Å². The number of amides is 2. The maximum absolute atomic E-state index is 14.8. The number of hydrogen-bond donors (Lipinski definition) is 4. The summed E-state index contributed by atoms with van der Waals surface area (Å²) in [5.41, 5.74) is -0.986.